The zero-order chi connectivity index (χ0) is 13.1. The van der Waals surface area contributed by atoms with E-state index in [0.29, 0.717) is 0 Å². The molecule has 0 aliphatic heterocycles. The molecule has 0 radical (unpaired) electrons. The number of aliphatic hydroxyl groups excluding tert-OH is 1. The quantitative estimate of drug-likeness (QED) is 0.795. The van der Waals surface area contributed by atoms with Crippen molar-refractivity contribution in [3.8, 4) is 0 Å². The molecular formula is C9H14ClN3O3S. The molecule has 6 nitrogen and oxygen atoms in total. The first-order valence-corrected chi connectivity index (χ1v) is 6.81. The molecule has 0 unspecified atom stereocenters. The van der Waals surface area contributed by atoms with Gasteiger partial charge in [-0.15, -0.1) is 0 Å². The van der Waals surface area contributed by atoms with Gasteiger partial charge in [0.2, 0.25) is 15.3 Å². The fourth-order valence-corrected chi connectivity index (χ4v) is 2.94. The Kier molecular flexibility index (Phi) is 4.81. The third kappa shape index (κ3) is 3.35. The largest absolute Gasteiger partial charge is 0.395 e. The van der Waals surface area contributed by atoms with Gasteiger partial charge in [-0.1, -0.05) is 0 Å². The Morgan fingerprint density at radius 3 is 2.35 bits per heavy atom. The predicted molar refractivity (Wildman–Crippen MR) is 63.2 cm³/mol. The van der Waals surface area contributed by atoms with Gasteiger partial charge in [0.05, 0.1) is 19.0 Å². The summed E-state index contributed by atoms with van der Waals surface area (Å²) in [5.41, 5.74) is 0. The molecular weight excluding hydrogens is 266 g/mol. The van der Waals surface area contributed by atoms with Crippen molar-refractivity contribution in [2.45, 2.75) is 24.8 Å². The van der Waals surface area contributed by atoms with E-state index in [2.05, 4.69) is 9.97 Å². The second-order valence-corrected chi connectivity index (χ2v) is 5.85. The van der Waals surface area contributed by atoms with Crippen molar-refractivity contribution in [1.29, 1.82) is 0 Å². The molecule has 0 spiro atoms. The number of sulfonamides is 1. The summed E-state index contributed by atoms with van der Waals surface area (Å²) in [6, 6.07) is -0.261. The van der Waals surface area contributed by atoms with Crippen molar-refractivity contribution in [1.82, 2.24) is 14.3 Å². The van der Waals surface area contributed by atoms with Crippen LogP contribution in [0.5, 0.6) is 0 Å². The standard InChI is InChI=1S/C9H14ClN3O3S/c1-7(2)13(3-4-14)17(15,16)8-5-11-9(10)12-6-8/h5-7,14H,3-4H2,1-2H3. The van der Waals surface area contributed by atoms with Crippen LogP contribution in [0.4, 0.5) is 0 Å². The number of halogens is 1. The molecule has 0 bridgehead atoms. The van der Waals surface area contributed by atoms with Crippen LogP contribution in [0.2, 0.25) is 5.28 Å². The molecule has 1 aromatic rings. The topological polar surface area (TPSA) is 83.4 Å². The van der Waals surface area contributed by atoms with E-state index < -0.39 is 10.0 Å². The van der Waals surface area contributed by atoms with Crippen LogP contribution in [0.15, 0.2) is 17.3 Å². The molecule has 0 aromatic carbocycles. The van der Waals surface area contributed by atoms with Crippen LogP contribution in [0, 0.1) is 0 Å². The van der Waals surface area contributed by atoms with E-state index >= 15 is 0 Å². The second-order valence-electron chi connectivity index (χ2n) is 3.62. The highest BCUT2D eigenvalue weighted by molar-refractivity contribution is 7.89. The lowest BCUT2D eigenvalue weighted by Gasteiger charge is -2.24. The van der Waals surface area contributed by atoms with E-state index in [0.717, 1.165) is 12.4 Å². The Labute approximate surface area is 105 Å². The highest BCUT2D eigenvalue weighted by Crippen LogP contribution is 2.16. The van der Waals surface area contributed by atoms with Crippen LogP contribution in [0.25, 0.3) is 0 Å². The van der Waals surface area contributed by atoms with Crippen LogP contribution < -0.4 is 0 Å². The highest BCUT2D eigenvalue weighted by atomic mass is 35.5. The minimum absolute atomic E-state index is 0.0118. The first-order valence-electron chi connectivity index (χ1n) is 5.00. The Morgan fingerprint density at radius 2 is 1.94 bits per heavy atom. The van der Waals surface area contributed by atoms with Crippen molar-refractivity contribution in [2.24, 2.45) is 0 Å². The van der Waals surface area contributed by atoms with Gasteiger partial charge in [-0.05, 0) is 25.4 Å². The van der Waals surface area contributed by atoms with Crippen LogP contribution in [0.1, 0.15) is 13.8 Å². The SMILES string of the molecule is CC(C)N(CCO)S(=O)(=O)c1cnc(Cl)nc1. The molecule has 0 amide bonds. The first-order chi connectivity index (χ1) is 7.89. The first kappa shape index (κ1) is 14.3. The van der Waals surface area contributed by atoms with Crippen molar-refractivity contribution in [2.75, 3.05) is 13.2 Å². The minimum atomic E-state index is -3.69. The molecule has 1 aromatic heterocycles. The van der Waals surface area contributed by atoms with Gasteiger partial charge in [0.15, 0.2) is 0 Å². The molecule has 0 fully saturated rings. The van der Waals surface area contributed by atoms with Crippen LogP contribution in [0.3, 0.4) is 0 Å². The summed E-state index contributed by atoms with van der Waals surface area (Å²) in [6.07, 6.45) is 2.30. The summed E-state index contributed by atoms with van der Waals surface area (Å²) in [5, 5.41) is 8.87. The molecule has 0 atom stereocenters. The predicted octanol–water partition coefficient (Wildman–Crippen LogP) is 0.521. The molecule has 8 heteroatoms. The number of rotatable bonds is 5. The molecule has 0 saturated heterocycles. The maximum absolute atomic E-state index is 12.2. The molecule has 0 aliphatic rings. The maximum Gasteiger partial charge on any atom is 0.246 e. The van der Waals surface area contributed by atoms with Gasteiger partial charge in [0, 0.05) is 12.6 Å². The molecule has 1 rings (SSSR count). The van der Waals surface area contributed by atoms with Crippen molar-refractivity contribution in [3.63, 3.8) is 0 Å². The number of hydrogen-bond acceptors (Lipinski definition) is 5. The van der Waals surface area contributed by atoms with E-state index in [-0.39, 0.29) is 29.4 Å². The van der Waals surface area contributed by atoms with E-state index in [1.165, 1.54) is 4.31 Å². The lowest BCUT2D eigenvalue weighted by atomic mass is 10.4. The number of aliphatic hydroxyl groups is 1. The van der Waals surface area contributed by atoms with Crippen LogP contribution in [-0.2, 0) is 10.0 Å². The Bertz CT molecular complexity index is 461. The number of hydrogen-bond donors (Lipinski definition) is 1. The fraction of sp³-hybridized carbons (Fsp3) is 0.556. The van der Waals surface area contributed by atoms with Crippen molar-refractivity contribution in [3.05, 3.63) is 17.7 Å². The van der Waals surface area contributed by atoms with E-state index in [1.54, 1.807) is 13.8 Å². The lowest BCUT2D eigenvalue weighted by Crippen LogP contribution is -2.39. The van der Waals surface area contributed by atoms with Gasteiger partial charge in [-0.2, -0.15) is 4.31 Å². The zero-order valence-corrected chi connectivity index (χ0v) is 11.1. The van der Waals surface area contributed by atoms with Gasteiger partial charge in [0.1, 0.15) is 4.90 Å². The molecule has 96 valence electrons. The summed E-state index contributed by atoms with van der Waals surface area (Å²) in [4.78, 5) is 7.23. The summed E-state index contributed by atoms with van der Waals surface area (Å²) in [7, 11) is -3.69. The van der Waals surface area contributed by atoms with Crippen LogP contribution >= 0.6 is 11.6 Å². The van der Waals surface area contributed by atoms with Gasteiger partial charge in [-0.3, -0.25) is 0 Å². The fourth-order valence-electron chi connectivity index (χ4n) is 1.32. The number of aromatic nitrogens is 2. The third-order valence-electron chi connectivity index (χ3n) is 2.10. The van der Waals surface area contributed by atoms with E-state index in [9.17, 15) is 8.42 Å². The van der Waals surface area contributed by atoms with Crippen molar-refractivity contribution < 1.29 is 13.5 Å². The van der Waals surface area contributed by atoms with Gasteiger partial charge in [-0.25, -0.2) is 18.4 Å². The second kappa shape index (κ2) is 5.72. The monoisotopic (exact) mass is 279 g/mol. The van der Waals surface area contributed by atoms with Gasteiger partial charge >= 0.3 is 0 Å². The zero-order valence-electron chi connectivity index (χ0n) is 9.54. The Balaban J connectivity index is 3.12. The summed E-state index contributed by atoms with van der Waals surface area (Å²) < 4.78 is 25.5. The van der Waals surface area contributed by atoms with E-state index in [1.807, 2.05) is 0 Å². The summed E-state index contributed by atoms with van der Waals surface area (Å²) >= 11 is 5.49. The highest BCUT2D eigenvalue weighted by Gasteiger charge is 2.27. The van der Waals surface area contributed by atoms with Crippen LogP contribution in [-0.4, -0.2) is 47.0 Å². The van der Waals surface area contributed by atoms with Gasteiger partial charge < -0.3 is 5.11 Å². The van der Waals surface area contributed by atoms with Crippen molar-refractivity contribution >= 4 is 21.6 Å². The summed E-state index contributed by atoms with van der Waals surface area (Å²) in [6.45, 7) is 3.24. The van der Waals surface area contributed by atoms with Gasteiger partial charge in [0.25, 0.3) is 0 Å². The third-order valence-corrected chi connectivity index (χ3v) is 4.32. The minimum Gasteiger partial charge on any atom is -0.395 e. The summed E-state index contributed by atoms with van der Waals surface area (Å²) in [5.74, 6) is 0. The maximum atomic E-state index is 12.2. The molecule has 0 aliphatic carbocycles. The number of nitrogens with zero attached hydrogens (tertiary/aromatic N) is 3. The Hall–Kier alpha value is -0.760. The lowest BCUT2D eigenvalue weighted by molar-refractivity contribution is 0.236. The molecule has 1 heterocycles. The Morgan fingerprint density at radius 1 is 1.41 bits per heavy atom. The molecule has 0 saturated carbocycles. The average molecular weight is 280 g/mol. The molecule has 1 N–H and O–H groups in total. The average Bonchev–Trinajstić information content (AvgIpc) is 2.25. The molecule has 17 heavy (non-hydrogen) atoms. The van der Waals surface area contributed by atoms with E-state index in [4.69, 9.17) is 16.7 Å². The smallest absolute Gasteiger partial charge is 0.246 e. The normalized spacial score (nSPS) is 12.4.